The first-order valence-corrected chi connectivity index (χ1v) is 26.5. The molecule has 2 aliphatic rings. The van der Waals surface area contributed by atoms with Crippen molar-refractivity contribution in [3.8, 4) is 0 Å². The Morgan fingerprint density at radius 1 is 0.686 bits per heavy atom. The molecule has 0 fully saturated rings. The highest BCUT2D eigenvalue weighted by Crippen LogP contribution is 2.31. The van der Waals surface area contributed by atoms with Gasteiger partial charge in [0.05, 0.1) is 11.4 Å². The molecule has 0 aromatic carbocycles. The highest BCUT2D eigenvalue weighted by molar-refractivity contribution is 6.06. The summed E-state index contributed by atoms with van der Waals surface area (Å²) >= 11 is 0. The van der Waals surface area contributed by atoms with Crippen LogP contribution < -0.4 is 10.6 Å². The Bertz CT molecular complexity index is 2430. The first-order valence-electron chi connectivity index (χ1n) is 26.5. The fourth-order valence-corrected chi connectivity index (χ4v) is 8.32. The minimum absolute atomic E-state index is 0.108. The number of anilines is 2. The summed E-state index contributed by atoms with van der Waals surface area (Å²) in [7, 11) is 0. The number of rotatable bonds is 20. The van der Waals surface area contributed by atoms with Crippen molar-refractivity contribution >= 4 is 23.1 Å². The summed E-state index contributed by atoms with van der Waals surface area (Å²) in [4.78, 5) is 20.5. The van der Waals surface area contributed by atoms with Gasteiger partial charge in [-0.3, -0.25) is 9.98 Å². The van der Waals surface area contributed by atoms with Gasteiger partial charge >= 0.3 is 0 Å². The molecule has 2 aromatic rings. The predicted molar refractivity (Wildman–Crippen MR) is 310 cm³/mol. The standard InChI is InChI=1S/C32H49N3.C32H45N3/c1-11-13-25(8)28(15-12-14-22(2)3)30(24(6)7)34-29(23(4)5)19-18-27-17-16-26-20-21-32(9,10)35-31(26)33-27;1-10-13-25(8)29(15-12-14-24(7)11-2)31(23(5)6)35-30(22(3)4)21-20-28-19-18-27-17-16-26(9)33-32(27)34-28/h11-13,15-17,22,24H,14,18-21H2,1-10H3,(H,33,35);10,12-15,18-19,23H,9,11,16-17,20-21H2,1-8H3,(H,33,34)/b13-11-,15-12-,28-25-,34-30?;13-10-,15-12-,24-14-,29-25-,35-31?. The van der Waals surface area contributed by atoms with Gasteiger partial charge in [-0.25, -0.2) is 9.97 Å². The second-order valence-electron chi connectivity index (χ2n) is 21.5. The molecule has 0 radical (unpaired) electrons. The van der Waals surface area contributed by atoms with Crippen LogP contribution in [-0.4, -0.2) is 26.9 Å². The molecular formula is C64H94N6. The molecule has 0 bridgehead atoms. The molecule has 0 amide bonds. The summed E-state index contributed by atoms with van der Waals surface area (Å²) in [6, 6.07) is 8.83. The third-order valence-corrected chi connectivity index (χ3v) is 12.9. The number of hydrogen-bond acceptors (Lipinski definition) is 6. The number of aryl methyl sites for hydroxylation is 4. The van der Waals surface area contributed by atoms with E-state index in [9.17, 15) is 0 Å². The number of pyridine rings is 2. The second-order valence-corrected chi connectivity index (χ2v) is 21.5. The van der Waals surface area contributed by atoms with Crippen molar-refractivity contribution in [2.45, 2.75) is 194 Å². The van der Waals surface area contributed by atoms with E-state index in [4.69, 9.17) is 20.0 Å². The summed E-state index contributed by atoms with van der Waals surface area (Å²) in [6.45, 7) is 43.6. The minimum Gasteiger partial charge on any atom is -0.365 e. The van der Waals surface area contributed by atoms with Crippen LogP contribution in [0.3, 0.4) is 0 Å². The van der Waals surface area contributed by atoms with Crippen LogP contribution in [0.2, 0.25) is 0 Å². The van der Waals surface area contributed by atoms with Crippen molar-refractivity contribution in [3.63, 3.8) is 0 Å². The van der Waals surface area contributed by atoms with Crippen molar-refractivity contribution in [2.24, 2.45) is 27.7 Å². The Balaban J connectivity index is 0.000000370. The molecule has 0 saturated carbocycles. The fraction of sp³-hybridized carbons (Fsp3) is 0.500. The van der Waals surface area contributed by atoms with Gasteiger partial charge in [0.25, 0.3) is 0 Å². The monoisotopic (exact) mass is 947 g/mol. The Labute approximate surface area is 428 Å². The maximum absolute atomic E-state index is 5.31. The lowest BCUT2D eigenvalue weighted by atomic mass is 9.91. The highest BCUT2D eigenvalue weighted by Gasteiger charge is 2.25. The zero-order valence-corrected chi connectivity index (χ0v) is 47.3. The normalized spacial score (nSPS) is 16.1. The molecule has 4 rings (SSSR count). The van der Waals surface area contributed by atoms with Crippen LogP contribution in [0.5, 0.6) is 0 Å². The Morgan fingerprint density at radius 3 is 1.66 bits per heavy atom. The van der Waals surface area contributed by atoms with Crippen molar-refractivity contribution in [1.29, 1.82) is 0 Å². The Morgan fingerprint density at radius 2 is 1.19 bits per heavy atom. The Hall–Kier alpha value is -5.36. The molecule has 380 valence electrons. The lowest BCUT2D eigenvalue weighted by Crippen LogP contribution is -2.35. The van der Waals surface area contributed by atoms with E-state index < -0.39 is 0 Å². The third kappa shape index (κ3) is 19.4. The van der Waals surface area contributed by atoms with Gasteiger partial charge in [-0.15, -0.1) is 0 Å². The SMILES string of the molecule is C=C1CCc2ccc(CCC(N=C(C(/C=C\C=C(\C)CC)=C(C)\C=C/C)C(C)C)=C(C)C)nc2N1.C\C=C/C(C)=C(/C=C\CC(C)C)C(=NC(CCc1ccc2c(n1)NC(C)(C)CC2)=C(C)C)C(C)C. The van der Waals surface area contributed by atoms with Gasteiger partial charge in [0.1, 0.15) is 11.6 Å². The maximum atomic E-state index is 5.31. The quantitative estimate of drug-likeness (QED) is 0.102. The first kappa shape index (κ1) is 59.0. The van der Waals surface area contributed by atoms with Crippen LogP contribution in [0.1, 0.15) is 186 Å². The first-order chi connectivity index (χ1) is 33.1. The number of aliphatic imine (C=N–C) groups is 2. The van der Waals surface area contributed by atoms with Gasteiger partial charge in [-0.1, -0.05) is 139 Å². The number of aromatic nitrogens is 2. The van der Waals surface area contributed by atoms with E-state index in [-0.39, 0.29) is 5.54 Å². The van der Waals surface area contributed by atoms with Crippen LogP contribution in [0, 0.1) is 17.8 Å². The number of nitrogens with zero attached hydrogens (tertiary/aromatic N) is 4. The van der Waals surface area contributed by atoms with Crippen LogP contribution in [-0.2, 0) is 25.7 Å². The zero-order chi connectivity index (χ0) is 52.1. The number of allylic oxidation sites excluding steroid dienone is 19. The average Bonchev–Trinajstić information content (AvgIpc) is 3.29. The van der Waals surface area contributed by atoms with Crippen LogP contribution in [0.25, 0.3) is 0 Å². The van der Waals surface area contributed by atoms with Crippen LogP contribution >= 0.6 is 0 Å². The number of fused-ring (bicyclic) bond motifs is 2. The van der Waals surface area contributed by atoms with Crippen molar-refractivity contribution < 1.29 is 0 Å². The van der Waals surface area contributed by atoms with E-state index in [1.807, 2.05) is 0 Å². The summed E-state index contributed by atoms with van der Waals surface area (Å²) in [5.74, 6) is 3.31. The van der Waals surface area contributed by atoms with Crippen LogP contribution in [0.4, 0.5) is 11.6 Å². The van der Waals surface area contributed by atoms with Gasteiger partial charge in [0.2, 0.25) is 0 Å². The molecule has 0 spiro atoms. The van der Waals surface area contributed by atoms with Crippen molar-refractivity contribution in [2.75, 3.05) is 10.6 Å². The molecule has 6 heteroatoms. The predicted octanol–water partition coefficient (Wildman–Crippen LogP) is 18.1. The van der Waals surface area contributed by atoms with Gasteiger partial charge in [0, 0.05) is 34.0 Å². The highest BCUT2D eigenvalue weighted by atomic mass is 15.1. The largest absolute Gasteiger partial charge is 0.365 e. The molecule has 70 heavy (non-hydrogen) atoms. The molecule has 0 aliphatic carbocycles. The van der Waals surface area contributed by atoms with E-state index in [0.717, 1.165) is 104 Å². The van der Waals surface area contributed by atoms with Gasteiger partial charge in [0.15, 0.2) is 0 Å². The molecular weight excluding hydrogens is 853 g/mol. The maximum Gasteiger partial charge on any atom is 0.133 e. The molecule has 0 saturated heterocycles. The summed E-state index contributed by atoms with van der Waals surface area (Å²) < 4.78 is 0. The topological polar surface area (TPSA) is 74.6 Å². The molecule has 4 heterocycles. The lowest BCUT2D eigenvalue weighted by molar-refractivity contribution is 0.498. The van der Waals surface area contributed by atoms with E-state index in [1.54, 1.807) is 0 Å². The third-order valence-electron chi connectivity index (χ3n) is 12.9. The molecule has 2 N–H and O–H groups in total. The van der Waals surface area contributed by atoms with E-state index in [0.29, 0.717) is 17.8 Å². The van der Waals surface area contributed by atoms with Gasteiger partial charge in [-0.05, 0) is 204 Å². The van der Waals surface area contributed by atoms with E-state index in [2.05, 4.69) is 221 Å². The molecule has 0 unspecified atom stereocenters. The smallest absolute Gasteiger partial charge is 0.133 e. The minimum atomic E-state index is 0.108. The molecule has 2 aliphatic heterocycles. The second kappa shape index (κ2) is 29.1. The van der Waals surface area contributed by atoms with E-state index >= 15 is 0 Å². The van der Waals surface area contributed by atoms with Crippen molar-refractivity contribution in [1.82, 2.24) is 9.97 Å². The molecule has 2 aromatic heterocycles. The van der Waals surface area contributed by atoms with E-state index in [1.165, 1.54) is 61.5 Å². The number of hydrogen-bond donors (Lipinski definition) is 2. The molecule has 0 atom stereocenters. The van der Waals surface area contributed by atoms with Crippen molar-refractivity contribution in [3.05, 3.63) is 164 Å². The number of nitrogens with one attached hydrogen (secondary N) is 2. The summed E-state index contributed by atoms with van der Waals surface area (Å²) in [5, 5.41) is 6.99. The zero-order valence-electron chi connectivity index (χ0n) is 47.3. The lowest BCUT2D eigenvalue weighted by Gasteiger charge is -2.33. The summed E-state index contributed by atoms with van der Waals surface area (Å²) in [5.41, 5.74) is 19.4. The van der Waals surface area contributed by atoms with Crippen LogP contribution in [0.15, 0.2) is 152 Å². The average molecular weight is 947 g/mol. The Kier molecular flexibility index (Phi) is 24.5. The van der Waals surface area contributed by atoms with Gasteiger partial charge < -0.3 is 10.6 Å². The fourth-order valence-electron chi connectivity index (χ4n) is 8.32. The van der Waals surface area contributed by atoms with Gasteiger partial charge in [-0.2, -0.15) is 0 Å². The molecule has 6 nitrogen and oxygen atoms in total. The summed E-state index contributed by atoms with van der Waals surface area (Å²) in [6.07, 6.45) is 29.6.